The molecule has 3 aliphatic rings. The molecule has 3 rings (SSSR count). The number of esters is 1. The number of carbonyl (C=O) groups excluding carboxylic acids is 2. The number of ether oxygens (including phenoxy) is 4. The molecule has 0 N–H and O–H groups in total. The highest BCUT2D eigenvalue weighted by atomic mass is 16.8. The topological polar surface area (TPSA) is 74.3 Å². The van der Waals surface area contributed by atoms with Crippen LogP contribution in [0, 0.1) is 5.92 Å². The molecular weight excluding hydrogens is 314 g/mol. The minimum Gasteiger partial charge on any atom is -0.464 e. The molecule has 7 nitrogen and oxygen atoms in total. The number of likely N-dealkylation sites (tertiary alicyclic amines) is 1. The van der Waals surface area contributed by atoms with Gasteiger partial charge in [-0.2, -0.15) is 0 Å². The number of nitrogens with zero attached hydrogens (tertiary/aromatic N) is 1. The van der Waals surface area contributed by atoms with Crippen LogP contribution in [0.25, 0.3) is 0 Å². The fraction of sp³-hybridized carbons (Fsp3) is 0.882. The molecule has 136 valence electrons. The number of hydrogen-bond donors (Lipinski definition) is 0. The minimum absolute atomic E-state index is 0.131. The zero-order chi connectivity index (χ0) is 17.9. The van der Waals surface area contributed by atoms with Crippen molar-refractivity contribution < 1.29 is 28.5 Å². The maximum Gasteiger partial charge on any atom is 0.411 e. The summed E-state index contributed by atoms with van der Waals surface area (Å²) in [6.07, 6.45) is -0.269. The lowest BCUT2D eigenvalue weighted by Crippen LogP contribution is -2.58. The van der Waals surface area contributed by atoms with Crippen LogP contribution in [-0.2, 0) is 23.7 Å². The SMILES string of the molecule is CCOC(=O)[C@@H]1[C@@H]2C[C@@H]([C@H]3OC(C)(C)O[C@@H]23)N1C(=O)OC(C)(C)C. The molecule has 2 heterocycles. The summed E-state index contributed by atoms with van der Waals surface area (Å²) in [6.45, 7) is 11.1. The van der Waals surface area contributed by atoms with E-state index in [9.17, 15) is 9.59 Å². The van der Waals surface area contributed by atoms with Crippen LogP contribution in [-0.4, -0.2) is 59.2 Å². The Morgan fingerprint density at radius 1 is 1.21 bits per heavy atom. The van der Waals surface area contributed by atoms with Crippen LogP contribution >= 0.6 is 0 Å². The molecule has 2 aliphatic heterocycles. The summed E-state index contributed by atoms with van der Waals surface area (Å²) in [4.78, 5) is 26.7. The van der Waals surface area contributed by atoms with Gasteiger partial charge < -0.3 is 18.9 Å². The number of amides is 1. The van der Waals surface area contributed by atoms with E-state index in [1.807, 2.05) is 13.8 Å². The molecular formula is C17H27NO6. The average molecular weight is 341 g/mol. The van der Waals surface area contributed by atoms with Gasteiger partial charge in [0, 0.05) is 5.92 Å². The van der Waals surface area contributed by atoms with Crippen molar-refractivity contribution in [3.8, 4) is 0 Å². The zero-order valence-electron chi connectivity index (χ0n) is 15.2. The van der Waals surface area contributed by atoms with Gasteiger partial charge in [0.05, 0.1) is 18.8 Å². The molecule has 1 aliphatic carbocycles. The molecule has 3 fully saturated rings. The van der Waals surface area contributed by atoms with Crippen LogP contribution in [0.2, 0.25) is 0 Å². The lowest BCUT2D eigenvalue weighted by atomic mass is 9.95. The molecule has 7 heteroatoms. The molecule has 2 bridgehead atoms. The predicted octanol–water partition coefficient (Wildman–Crippen LogP) is 2.08. The highest BCUT2D eigenvalue weighted by Crippen LogP contribution is 2.51. The van der Waals surface area contributed by atoms with E-state index in [1.165, 1.54) is 4.90 Å². The first-order chi connectivity index (χ1) is 11.0. The summed E-state index contributed by atoms with van der Waals surface area (Å²) in [7, 11) is 0. The fourth-order valence-electron chi connectivity index (χ4n) is 4.07. The summed E-state index contributed by atoms with van der Waals surface area (Å²) < 4.78 is 22.7. The van der Waals surface area contributed by atoms with Gasteiger partial charge in [0.15, 0.2) is 5.79 Å². The second kappa shape index (κ2) is 5.59. The molecule has 24 heavy (non-hydrogen) atoms. The van der Waals surface area contributed by atoms with Gasteiger partial charge in [0.25, 0.3) is 0 Å². The van der Waals surface area contributed by atoms with Gasteiger partial charge in [-0.05, 0) is 48.0 Å². The van der Waals surface area contributed by atoms with Gasteiger partial charge >= 0.3 is 12.1 Å². The Hall–Kier alpha value is -1.34. The Balaban J connectivity index is 1.88. The van der Waals surface area contributed by atoms with Crippen molar-refractivity contribution in [2.75, 3.05) is 6.61 Å². The first kappa shape index (κ1) is 17.5. The van der Waals surface area contributed by atoms with Crippen LogP contribution in [0.15, 0.2) is 0 Å². The number of piperidine rings is 1. The van der Waals surface area contributed by atoms with Crippen molar-refractivity contribution in [1.82, 2.24) is 4.90 Å². The van der Waals surface area contributed by atoms with Crippen LogP contribution in [0.5, 0.6) is 0 Å². The van der Waals surface area contributed by atoms with E-state index in [0.29, 0.717) is 6.42 Å². The largest absolute Gasteiger partial charge is 0.464 e. The van der Waals surface area contributed by atoms with Gasteiger partial charge in [-0.25, -0.2) is 9.59 Å². The van der Waals surface area contributed by atoms with Gasteiger partial charge in [-0.3, -0.25) is 4.90 Å². The number of fused-ring (bicyclic) bond motifs is 5. The Morgan fingerprint density at radius 3 is 2.42 bits per heavy atom. The quantitative estimate of drug-likeness (QED) is 0.716. The van der Waals surface area contributed by atoms with Crippen LogP contribution in [0.1, 0.15) is 48.0 Å². The molecule has 0 aromatic rings. The smallest absolute Gasteiger partial charge is 0.411 e. The van der Waals surface area contributed by atoms with E-state index in [2.05, 4.69) is 0 Å². The summed E-state index contributed by atoms with van der Waals surface area (Å²) in [6, 6.07) is -0.908. The first-order valence-corrected chi connectivity index (χ1v) is 8.57. The monoisotopic (exact) mass is 341 g/mol. The third kappa shape index (κ3) is 2.88. The molecule has 0 radical (unpaired) electrons. The van der Waals surface area contributed by atoms with E-state index < -0.39 is 29.5 Å². The van der Waals surface area contributed by atoms with Crippen LogP contribution in [0.4, 0.5) is 4.79 Å². The van der Waals surface area contributed by atoms with Gasteiger partial charge in [-0.15, -0.1) is 0 Å². The van der Waals surface area contributed by atoms with Gasteiger partial charge in [0.2, 0.25) is 0 Å². The second-order valence-electron chi connectivity index (χ2n) is 8.12. The van der Waals surface area contributed by atoms with Gasteiger partial charge in [-0.1, -0.05) is 0 Å². The lowest BCUT2D eigenvalue weighted by Gasteiger charge is -2.38. The standard InChI is InChI=1S/C17H27NO6/c1-7-21-14(19)11-9-8-10(13-12(9)22-17(5,6)23-13)18(11)15(20)24-16(2,3)4/h9-13H,7-8H2,1-6H3/t9-,10-,11-,12-,13+/m0/s1. The third-order valence-electron chi connectivity index (χ3n) is 4.67. The highest BCUT2D eigenvalue weighted by Gasteiger charge is 2.67. The van der Waals surface area contributed by atoms with Crippen molar-refractivity contribution in [3.63, 3.8) is 0 Å². The van der Waals surface area contributed by atoms with Crippen LogP contribution in [0.3, 0.4) is 0 Å². The molecule has 0 aromatic carbocycles. The molecule has 0 unspecified atom stereocenters. The lowest BCUT2D eigenvalue weighted by molar-refractivity contribution is -0.158. The maximum absolute atomic E-state index is 12.7. The number of hydrogen-bond acceptors (Lipinski definition) is 6. The minimum atomic E-state index is -0.713. The van der Waals surface area contributed by atoms with E-state index >= 15 is 0 Å². The molecule has 0 spiro atoms. The Morgan fingerprint density at radius 2 is 1.83 bits per heavy atom. The van der Waals surface area contributed by atoms with E-state index in [1.54, 1.807) is 27.7 Å². The van der Waals surface area contributed by atoms with Crippen molar-refractivity contribution in [2.24, 2.45) is 5.92 Å². The summed E-state index contributed by atoms with van der Waals surface area (Å²) in [5.74, 6) is -1.24. The Bertz CT molecular complexity index is 540. The van der Waals surface area contributed by atoms with E-state index in [-0.39, 0.29) is 30.8 Å². The van der Waals surface area contributed by atoms with E-state index in [0.717, 1.165) is 0 Å². The molecule has 5 atom stereocenters. The van der Waals surface area contributed by atoms with Crippen molar-refractivity contribution in [2.45, 2.75) is 83.6 Å². The van der Waals surface area contributed by atoms with Gasteiger partial charge in [0.1, 0.15) is 17.7 Å². The second-order valence-corrected chi connectivity index (χ2v) is 8.12. The summed E-state index contributed by atoms with van der Waals surface area (Å²) >= 11 is 0. The predicted molar refractivity (Wildman–Crippen MR) is 84.2 cm³/mol. The summed E-state index contributed by atoms with van der Waals surface area (Å²) in [5, 5.41) is 0. The normalized spacial score (nSPS) is 36.6. The molecule has 0 aromatic heterocycles. The van der Waals surface area contributed by atoms with E-state index in [4.69, 9.17) is 18.9 Å². The molecule has 2 saturated heterocycles. The third-order valence-corrected chi connectivity index (χ3v) is 4.67. The maximum atomic E-state index is 12.7. The Labute approximate surface area is 142 Å². The van der Waals surface area contributed by atoms with Crippen LogP contribution < -0.4 is 0 Å². The first-order valence-electron chi connectivity index (χ1n) is 8.57. The summed E-state index contributed by atoms with van der Waals surface area (Å²) in [5.41, 5.74) is -0.635. The zero-order valence-corrected chi connectivity index (χ0v) is 15.2. The molecule has 1 amide bonds. The van der Waals surface area contributed by atoms with Crippen molar-refractivity contribution in [1.29, 1.82) is 0 Å². The van der Waals surface area contributed by atoms with Crippen molar-refractivity contribution in [3.05, 3.63) is 0 Å². The highest BCUT2D eigenvalue weighted by molar-refractivity contribution is 5.83. The van der Waals surface area contributed by atoms with Crippen molar-refractivity contribution >= 4 is 12.1 Å². The number of rotatable bonds is 2. The number of carbonyl (C=O) groups is 2. The average Bonchev–Trinajstić information content (AvgIpc) is 3.02. The fourth-order valence-corrected chi connectivity index (χ4v) is 4.07. The molecule has 1 saturated carbocycles. The Kier molecular flexibility index (Phi) is 4.07.